The van der Waals surface area contributed by atoms with E-state index in [1.54, 1.807) is 0 Å². The van der Waals surface area contributed by atoms with Gasteiger partial charge in [-0.05, 0) is 12.8 Å². The maximum Gasteiger partial charge on any atom is 0.456 e. The van der Waals surface area contributed by atoms with Crippen LogP contribution in [0, 0.1) is 0 Å². The molecule has 2 N–H and O–H groups in total. The summed E-state index contributed by atoms with van der Waals surface area (Å²) in [6, 6.07) is 0. The van der Waals surface area contributed by atoms with Gasteiger partial charge in [-0.3, -0.25) is 15.0 Å². The van der Waals surface area contributed by atoms with E-state index >= 15 is 0 Å². The van der Waals surface area contributed by atoms with E-state index in [1.807, 2.05) is 0 Å². The molecule has 3 rings (SSSR count). The largest absolute Gasteiger partial charge is 0.470 e. The maximum absolute atomic E-state index is 13.3. The van der Waals surface area contributed by atoms with Crippen LogP contribution in [0.4, 0.5) is 22.0 Å². The number of carbonyl (C=O) groups is 1. The molecule has 10 nitrogen and oxygen atoms in total. The molecule has 0 spiro atoms. The van der Waals surface area contributed by atoms with Crippen molar-refractivity contribution in [1.82, 2.24) is 19.8 Å². The van der Waals surface area contributed by atoms with Gasteiger partial charge in [0.05, 0.1) is 18.1 Å². The summed E-state index contributed by atoms with van der Waals surface area (Å²) in [6.07, 6.45) is -3.27. The number of nitrogens with one attached hydrogen (secondary N) is 1. The molecule has 0 saturated carbocycles. The van der Waals surface area contributed by atoms with Gasteiger partial charge in [0.25, 0.3) is 5.91 Å². The van der Waals surface area contributed by atoms with Crippen molar-refractivity contribution in [3.8, 4) is 5.88 Å². The number of rotatable bonds is 7. The van der Waals surface area contributed by atoms with E-state index < -0.39 is 45.3 Å². The Kier molecular flexibility index (Phi) is 7.64. The van der Waals surface area contributed by atoms with Crippen LogP contribution in [0.25, 0.3) is 0 Å². The molecule has 0 bridgehead atoms. The zero-order chi connectivity index (χ0) is 25.2. The van der Waals surface area contributed by atoms with Crippen LogP contribution in [0.1, 0.15) is 37.3 Å². The van der Waals surface area contributed by atoms with Crippen LogP contribution in [0.2, 0.25) is 0 Å². The van der Waals surface area contributed by atoms with Crippen molar-refractivity contribution in [3.63, 3.8) is 0 Å². The number of alkyl halides is 5. The fourth-order valence-electron chi connectivity index (χ4n) is 3.90. The van der Waals surface area contributed by atoms with E-state index in [1.165, 1.54) is 16.0 Å². The second-order valence-corrected chi connectivity index (χ2v) is 10.2. The van der Waals surface area contributed by atoms with Gasteiger partial charge in [-0.1, -0.05) is 0 Å². The summed E-state index contributed by atoms with van der Waals surface area (Å²) in [4.78, 5) is 20.0. The van der Waals surface area contributed by atoms with Crippen molar-refractivity contribution in [2.75, 3.05) is 32.9 Å². The lowest BCUT2D eigenvalue weighted by atomic mass is 9.95. The Morgan fingerprint density at radius 3 is 2.29 bits per heavy atom. The second-order valence-electron chi connectivity index (χ2n) is 8.00. The molecule has 34 heavy (non-hydrogen) atoms. The highest BCUT2D eigenvalue weighted by Crippen LogP contribution is 2.37. The van der Waals surface area contributed by atoms with Crippen LogP contribution in [0.5, 0.6) is 5.88 Å². The lowest BCUT2D eigenvalue weighted by molar-refractivity contribution is -0.290. The lowest BCUT2D eigenvalue weighted by Crippen LogP contribution is -2.60. The van der Waals surface area contributed by atoms with E-state index in [2.05, 4.69) is 14.7 Å². The Labute approximate surface area is 191 Å². The summed E-state index contributed by atoms with van der Waals surface area (Å²) >= 11 is 0. The Bertz CT molecular complexity index is 962. The third kappa shape index (κ3) is 5.08. The number of aromatic nitrogens is 2. The van der Waals surface area contributed by atoms with Gasteiger partial charge < -0.3 is 9.47 Å². The molecule has 2 aliphatic heterocycles. The first kappa shape index (κ1) is 26.4. The number of hydroxylamine groups is 1. The van der Waals surface area contributed by atoms with Gasteiger partial charge in [0, 0.05) is 45.1 Å². The zero-order valence-electron chi connectivity index (χ0n) is 17.7. The molecule has 3 heterocycles. The van der Waals surface area contributed by atoms with Crippen molar-refractivity contribution < 1.29 is 49.8 Å². The summed E-state index contributed by atoms with van der Waals surface area (Å²) in [5.74, 6) is -6.83. The van der Waals surface area contributed by atoms with Gasteiger partial charge in [0.1, 0.15) is 0 Å². The summed E-state index contributed by atoms with van der Waals surface area (Å²) in [5, 5.41) is 9.10. The lowest BCUT2D eigenvalue weighted by Gasteiger charge is -2.40. The Balaban J connectivity index is 1.63. The number of ether oxygens (including phenoxy) is 2. The van der Waals surface area contributed by atoms with E-state index in [9.17, 15) is 35.2 Å². The number of amides is 1. The number of nitrogens with zero attached hydrogens (tertiary/aromatic N) is 3. The first-order valence-corrected chi connectivity index (χ1v) is 11.7. The van der Waals surface area contributed by atoms with Crippen LogP contribution in [-0.2, 0) is 19.6 Å². The summed E-state index contributed by atoms with van der Waals surface area (Å²) in [6.45, 7) is -1.75. The number of halogens is 5. The van der Waals surface area contributed by atoms with E-state index in [-0.39, 0.29) is 45.1 Å². The quantitative estimate of drug-likeness (QED) is 0.316. The van der Waals surface area contributed by atoms with Crippen LogP contribution in [0.3, 0.4) is 0 Å². The minimum Gasteiger partial charge on any atom is -0.470 e. The molecule has 2 aliphatic rings. The fraction of sp³-hybridized carbons (Fsp3) is 0.722. The molecule has 16 heteroatoms. The van der Waals surface area contributed by atoms with E-state index in [4.69, 9.17) is 9.94 Å². The van der Waals surface area contributed by atoms with Gasteiger partial charge in [-0.15, -0.1) is 0 Å². The molecule has 2 fully saturated rings. The third-order valence-electron chi connectivity index (χ3n) is 5.99. The van der Waals surface area contributed by atoms with Crippen LogP contribution in [0.15, 0.2) is 12.4 Å². The average molecular weight is 518 g/mol. The predicted octanol–water partition coefficient (Wildman–Crippen LogP) is 1.62. The Morgan fingerprint density at radius 1 is 1.18 bits per heavy atom. The van der Waals surface area contributed by atoms with Crippen molar-refractivity contribution in [1.29, 1.82) is 0 Å². The van der Waals surface area contributed by atoms with Gasteiger partial charge in [0.15, 0.2) is 11.4 Å². The number of piperidine rings is 1. The van der Waals surface area contributed by atoms with Crippen LogP contribution < -0.4 is 10.2 Å². The first-order valence-electron chi connectivity index (χ1n) is 10.3. The number of hydrogen-bond donors (Lipinski definition) is 2. The molecule has 192 valence electrons. The molecule has 2 saturated heterocycles. The van der Waals surface area contributed by atoms with Crippen molar-refractivity contribution in [2.45, 2.75) is 48.4 Å². The maximum atomic E-state index is 13.3. The molecule has 0 aliphatic carbocycles. The standard InChI is InChI=1S/C18H23F5N4O6S/c19-17(20,18(21,22)23)11-33-14-10-24-13(9-25-14)12-1-5-27(6-2-12)34(30,31)16(15(28)26-29)3-7-32-8-4-16/h9-10,12,29H,1-8,11H2,(H,26,28). The fourth-order valence-corrected chi connectivity index (χ4v) is 6.05. The highest BCUT2D eigenvalue weighted by Gasteiger charge is 2.58. The van der Waals surface area contributed by atoms with E-state index in [0.29, 0.717) is 18.5 Å². The topological polar surface area (TPSA) is 131 Å². The minimum atomic E-state index is -5.75. The molecule has 0 radical (unpaired) electrons. The molecule has 1 amide bonds. The molecule has 1 aromatic heterocycles. The van der Waals surface area contributed by atoms with Gasteiger partial charge in [-0.25, -0.2) is 23.2 Å². The smallest absolute Gasteiger partial charge is 0.456 e. The monoisotopic (exact) mass is 518 g/mol. The van der Waals surface area contributed by atoms with Crippen LogP contribution >= 0.6 is 0 Å². The highest BCUT2D eigenvalue weighted by atomic mass is 32.2. The molecule has 1 aromatic rings. The number of hydrogen-bond acceptors (Lipinski definition) is 8. The molecular formula is C18H23F5N4O6S. The Hall–Kier alpha value is -2.17. The Morgan fingerprint density at radius 2 is 1.79 bits per heavy atom. The second kappa shape index (κ2) is 9.83. The molecule has 0 atom stereocenters. The van der Waals surface area contributed by atoms with Crippen molar-refractivity contribution >= 4 is 15.9 Å². The number of carbonyl (C=O) groups excluding carboxylic acids is 1. The first-order chi connectivity index (χ1) is 15.8. The van der Waals surface area contributed by atoms with Crippen molar-refractivity contribution in [2.24, 2.45) is 0 Å². The van der Waals surface area contributed by atoms with Crippen LogP contribution in [-0.4, -0.2) is 83.6 Å². The summed E-state index contributed by atoms with van der Waals surface area (Å²) in [5.41, 5.74) is 1.84. The average Bonchev–Trinajstić information content (AvgIpc) is 2.82. The summed E-state index contributed by atoms with van der Waals surface area (Å²) in [7, 11) is -4.14. The van der Waals surface area contributed by atoms with Gasteiger partial charge >= 0.3 is 12.1 Å². The van der Waals surface area contributed by atoms with Gasteiger partial charge in [0.2, 0.25) is 15.9 Å². The van der Waals surface area contributed by atoms with E-state index in [0.717, 1.165) is 6.20 Å². The SMILES string of the molecule is O=C(NO)C1(S(=O)(=O)N2CCC(c3cnc(OCC(F)(F)C(F)(F)F)cn3)CC2)CCOCC1. The normalized spacial score (nSPS) is 20.6. The number of sulfonamides is 1. The molecule has 0 unspecified atom stereocenters. The van der Waals surface area contributed by atoms with Crippen molar-refractivity contribution in [3.05, 3.63) is 18.1 Å². The molecular weight excluding hydrogens is 495 g/mol. The highest BCUT2D eigenvalue weighted by molar-refractivity contribution is 7.91. The molecule has 0 aromatic carbocycles. The zero-order valence-corrected chi connectivity index (χ0v) is 18.5. The predicted molar refractivity (Wildman–Crippen MR) is 104 cm³/mol. The summed E-state index contributed by atoms with van der Waals surface area (Å²) < 4.78 is 98.0. The minimum absolute atomic E-state index is 0.0437. The third-order valence-corrected chi connectivity index (χ3v) is 8.61. The van der Waals surface area contributed by atoms with Gasteiger partial charge in [-0.2, -0.15) is 22.0 Å².